The van der Waals surface area contributed by atoms with E-state index in [1.54, 1.807) is 0 Å². The van der Waals surface area contributed by atoms with Crippen LogP contribution in [0.3, 0.4) is 0 Å². The van der Waals surface area contributed by atoms with Crippen molar-refractivity contribution in [2.24, 2.45) is 0 Å². The topological polar surface area (TPSA) is 88.5 Å². The number of carboxylic acid groups (broad SMARTS) is 1. The number of nitrogens with one attached hydrogen (secondary N) is 1. The van der Waals surface area contributed by atoms with Crippen LogP contribution in [0, 0.1) is 0 Å². The lowest BCUT2D eigenvalue weighted by molar-refractivity contribution is 0.0696. The zero-order chi connectivity index (χ0) is 13.7. The number of ether oxygens (including phenoxy) is 1. The molecule has 18 heavy (non-hydrogen) atoms. The van der Waals surface area contributed by atoms with Gasteiger partial charge in [0.15, 0.2) is 0 Å². The van der Waals surface area contributed by atoms with Crippen molar-refractivity contribution in [3.05, 3.63) is 23.9 Å². The first-order valence-corrected chi connectivity index (χ1v) is 6.02. The lowest BCUT2D eigenvalue weighted by atomic mass is 10.1. The molecule has 1 rings (SSSR count). The van der Waals surface area contributed by atoms with Crippen LogP contribution in [-0.2, 0) is 4.74 Å². The Morgan fingerprint density at radius 3 is 2.78 bits per heavy atom. The third kappa shape index (κ3) is 3.30. The van der Waals surface area contributed by atoms with Gasteiger partial charge in [-0.15, -0.1) is 0 Å². The second-order valence-corrected chi connectivity index (χ2v) is 4.52. The average Bonchev–Trinajstić information content (AvgIpc) is 2.70. The molecule has 0 aliphatic rings. The molecule has 0 fully saturated rings. The molecule has 0 bridgehead atoms. The Labute approximate surface area is 108 Å². The Morgan fingerprint density at radius 2 is 2.28 bits per heavy atom. The normalized spacial score (nSPS) is 10.2. The molecule has 1 aromatic rings. The first kappa shape index (κ1) is 14.2. The number of hydrogen-bond acceptors (Lipinski definition) is 5. The van der Waals surface area contributed by atoms with Crippen LogP contribution < -0.4 is 5.32 Å². The highest BCUT2D eigenvalue weighted by molar-refractivity contribution is 7.11. The number of carbonyl (C=O) groups is 2. The van der Waals surface area contributed by atoms with E-state index < -0.39 is 12.1 Å². The van der Waals surface area contributed by atoms with Crippen molar-refractivity contribution in [3.63, 3.8) is 0 Å². The Morgan fingerprint density at radius 1 is 1.61 bits per heavy atom. The maximum Gasteiger partial charge on any atom is 0.412 e. The maximum absolute atomic E-state index is 11.3. The number of aromatic carboxylic acids is 1. The fourth-order valence-corrected chi connectivity index (χ4v) is 2.16. The van der Waals surface area contributed by atoms with E-state index in [0.717, 1.165) is 11.5 Å². The monoisotopic (exact) mass is 270 g/mol. The summed E-state index contributed by atoms with van der Waals surface area (Å²) in [6, 6.07) is 0. The first-order valence-electron chi connectivity index (χ1n) is 5.24. The van der Waals surface area contributed by atoms with Crippen LogP contribution in [0.15, 0.2) is 12.7 Å². The molecule has 0 atom stereocenters. The summed E-state index contributed by atoms with van der Waals surface area (Å²) in [5.41, 5.74) is 0.470. The van der Waals surface area contributed by atoms with Crippen molar-refractivity contribution in [1.29, 1.82) is 0 Å². The van der Waals surface area contributed by atoms with Crippen LogP contribution in [0.5, 0.6) is 0 Å². The van der Waals surface area contributed by atoms with E-state index in [4.69, 9.17) is 9.84 Å². The van der Waals surface area contributed by atoms with Crippen molar-refractivity contribution in [1.82, 2.24) is 4.37 Å². The summed E-state index contributed by atoms with van der Waals surface area (Å²) in [4.78, 5) is 22.5. The zero-order valence-corrected chi connectivity index (χ0v) is 10.9. The third-order valence-electron chi connectivity index (χ3n) is 2.03. The molecule has 2 N–H and O–H groups in total. The number of anilines is 1. The van der Waals surface area contributed by atoms with E-state index in [0.29, 0.717) is 5.69 Å². The molecular weight excluding hydrogens is 256 g/mol. The van der Waals surface area contributed by atoms with Crippen molar-refractivity contribution >= 4 is 28.6 Å². The highest BCUT2D eigenvalue weighted by Gasteiger charge is 2.23. The highest BCUT2D eigenvalue weighted by Crippen LogP contribution is 2.29. The van der Waals surface area contributed by atoms with Crippen molar-refractivity contribution in [2.45, 2.75) is 19.8 Å². The summed E-state index contributed by atoms with van der Waals surface area (Å²) < 4.78 is 8.76. The average molecular weight is 270 g/mol. The first-order chi connectivity index (χ1) is 8.47. The van der Waals surface area contributed by atoms with E-state index in [-0.39, 0.29) is 23.1 Å². The van der Waals surface area contributed by atoms with E-state index in [2.05, 4.69) is 16.3 Å². The van der Waals surface area contributed by atoms with Gasteiger partial charge in [0.25, 0.3) is 0 Å². The number of aromatic nitrogens is 1. The van der Waals surface area contributed by atoms with E-state index >= 15 is 0 Å². The van der Waals surface area contributed by atoms with Gasteiger partial charge in [0.2, 0.25) is 0 Å². The molecule has 0 spiro atoms. The van der Waals surface area contributed by atoms with Crippen LogP contribution in [0.25, 0.3) is 0 Å². The molecule has 7 heteroatoms. The lowest BCUT2D eigenvalue weighted by Crippen LogP contribution is -2.15. The van der Waals surface area contributed by atoms with Crippen molar-refractivity contribution in [3.8, 4) is 0 Å². The van der Waals surface area contributed by atoms with Gasteiger partial charge in [-0.05, 0) is 17.5 Å². The summed E-state index contributed by atoms with van der Waals surface area (Å²) in [5.74, 6) is -1.15. The van der Waals surface area contributed by atoms with Gasteiger partial charge in [-0.3, -0.25) is 5.32 Å². The number of nitrogens with zero attached hydrogens (tertiary/aromatic N) is 1. The predicted octanol–water partition coefficient (Wildman–Crippen LogP) is 2.70. The van der Waals surface area contributed by atoms with Gasteiger partial charge < -0.3 is 9.84 Å². The molecule has 0 saturated carbocycles. The standard InChI is InChI=1S/C11H14N2O4S/c1-4-5-17-11(16)12-9-7(10(14)15)8(6(2)3)13-18-9/h4,6H,1,5H2,2-3H3,(H,12,16)(H,14,15). The van der Waals surface area contributed by atoms with Crippen LogP contribution in [0.1, 0.15) is 35.8 Å². The Balaban J connectivity index is 2.92. The summed E-state index contributed by atoms with van der Waals surface area (Å²) in [6.45, 7) is 7.13. The zero-order valence-electron chi connectivity index (χ0n) is 10.1. The molecule has 0 aliphatic carbocycles. The van der Waals surface area contributed by atoms with Gasteiger partial charge in [0, 0.05) is 0 Å². The predicted molar refractivity (Wildman–Crippen MR) is 68.3 cm³/mol. The summed E-state index contributed by atoms with van der Waals surface area (Å²) in [5, 5.41) is 11.7. The minimum atomic E-state index is -1.12. The quantitative estimate of drug-likeness (QED) is 0.803. The summed E-state index contributed by atoms with van der Waals surface area (Å²) in [6.07, 6.45) is 0.695. The maximum atomic E-state index is 11.3. The Bertz CT molecular complexity index is 468. The molecule has 6 nitrogen and oxygen atoms in total. The second-order valence-electron chi connectivity index (χ2n) is 3.74. The molecule has 1 heterocycles. The molecule has 0 unspecified atom stereocenters. The largest absolute Gasteiger partial charge is 0.478 e. The third-order valence-corrected chi connectivity index (χ3v) is 2.80. The van der Waals surface area contributed by atoms with E-state index in [1.807, 2.05) is 13.8 Å². The van der Waals surface area contributed by atoms with E-state index in [1.165, 1.54) is 6.08 Å². The lowest BCUT2D eigenvalue weighted by Gasteiger charge is -2.05. The van der Waals surface area contributed by atoms with Gasteiger partial charge >= 0.3 is 12.1 Å². The van der Waals surface area contributed by atoms with Crippen molar-refractivity contribution in [2.75, 3.05) is 11.9 Å². The molecule has 0 saturated heterocycles. The number of carboxylic acids is 1. The molecule has 1 amide bonds. The molecule has 98 valence electrons. The second kappa shape index (κ2) is 6.15. The van der Waals surface area contributed by atoms with Gasteiger partial charge in [-0.1, -0.05) is 26.5 Å². The smallest absolute Gasteiger partial charge is 0.412 e. The Kier molecular flexibility index (Phi) is 4.85. The van der Waals surface area contributed by atoms with Crippen LogP contribution in [0.4, 0.5) is 9.80 Å². The number of hydrogen-bond donors (Lipinski definition) is 2. The van der Waals surface area contributed by atoms with Gasteiger partial charge in [-0.25, -0.2) is 9.59 Å². The van der Waals surface area contributed by atoms with Crippen LogP contribution >= 0.6 is 11.5 Å². The molecule has 0 aromatic carbocycles. The summed E-state index contributed by atoms with van der Waals surface area (Å²) in [7, 11) is 0. The van der Waals surface area contributed by atoms with Gasteiger partial charge in [0.1, 0.15) is 17.2 Å². The van der Waals surface area contributed by atoms with Crippen LogP contribution in [0.2, 0.25) is 0 Å². The number of carbonyl (C=O) groups excluding carboxylic acids is 1. The van der Waals surface area contributed by atoms with Crippen LogP contribution in [-0.4, -0.2) is 28.1 Å². The molecule has 1 aromatic heterocycles. The Hall–Kier alpha value is -1.89. The van der Waals surface area contributed by atoms with E-state index in [9.17, 15) is 9.59 Å². The fraction of sp³-hybridized carbons (Fsp3) is 0.364. The fourth-order valence-electron chi connectivity index (χ4n) is 1.25. The minimum Gasteiger partial charge on any atom is -0.478 e. The number of amides is 1. The SMILES string of the molecule is C=CCOC(=O)Nc1snc(C(C)C)c1C(=O)O. The molecule has 0 aliphatic heterocycles. The van der Waals surface area contributed by atoms with Crippen molar-refractivity contribution < 1.29 is 19.4 Å². The minimum absolute atomic E-state index is 0.0190. The van der Waals surface area contributed by atoms with Gasteiger partial charge in [-0.2, -0.15) is 4.37 Å². The molecular formula is C11H14N2O4S. The summed E-state index contributed by atoms with van der Waals surface area (Å²) >= 11 is 0.926. The number of rotatable bonds is 5. The van der Waals surface area contributed by atoms with Gasteiger partial charge in [0.05, 0.1) is 5.69 Å². The highest BCUT2D eigenvalue weighted by atomic mass is 32.1. The molecule has 0 radical (unpaired) electrons.